The van der Waals surface area contributed by atoms with Gasteiger partial charge in [0.2, 0.25) is 5.88 Å². The molecule has 0 aliphatic carbocycles. The van der Waals surface area contributed by atoms with Gasteiger partial charge in [0.15, 0.2) is 31.1 Å². The molecule has 0 aliphatic heterocycles. The third-order valence-electron chi connectivity index (χ3n) is 4.53. The monoisotopic (exact) mass is 564 g/mol. The van der Waals surface area contributed by atoms with Gasteiger partial charge in [0.05, 0.1) is 21.2 Å². The highest BCUT2D eigenvalue weighted by Crippen LogP contribution is 2.39. The van der Waals surface area contributed by atoms with Crippen LogP contribution in [-0.4, -0.2) is 62.3 Å². The first-order valence-electron chi connectivity index (χ1n) is 9.16. The molecule has 0 radical (unpaired) electrons. The molecule has 0 unspecified atom stereocenters. The summed E-state index contributed by atoms with van der Waals surface area (Å²) in [6, 6.07) is 5.14. The van der Waals surface area contributed by atoms with Crippen LogP contribution in [0.1, 0.15) is 5.69 Å². The molecule has 0 saturated heterocycles. The summed E-state index contributed by atoms with van der Waals surface area (Å²) in [7, 11) is -12.7. The highest BCUT2D eigenvalue weighted by atomic mass is 35.5. The number of sulfone groups is 2. The lowest BCUT2D eigenvalue weighted by Crippen LogP contribution is -2.09. The van der Waals surface area contributed by atoms with Gasteiger partial charge in [0, 0.05) is 17.5 Å². The third kappa shape index (κ3) is 5.46. The number of phenolic OH excluding ortho intramolecular Hbond substituents is 1. The summed E-state index contributed by atoms with van der Waals surface area (Å²) in [5.41, 5.74) is -0.630. The molecule has 0 aliphatic rings. The smallest absolute Gasteiger partial charge is 0.298 e. The molecule has 188 valence electrons. The molecule has 2 aromatic carbocycles. The maximum Gasteiger partial charge on any atom is 0.298 e. The van der Waals surface area contributed by atoms with E-state index in [0.717, 1.165) is 41.5 Å². The fraction of sp³-hybridized carbons (Fsp3) is 0.167. The minimum absolute atomic E-state index is 0.0147. The Balaban J connectivity index is 2.14. The first-order chi connectivity index (χ1) is 15.9. The van der Waals surface area contributed by atoms with E-state index in [9.17, 15) is 40.0 Å². The van der Waals surface area contributed by atoms with Gasteiger partial charge >= 0.3 is 0 Å². The second-order valence-electron chi connectivity index (χ2n) is 7.29. The maximum atomic E-state index is 12.2. The first kappa shape index (κ1) is 26.6. The quantitative estimate of drug-likeness (QED) is 0.294. The molecular weight excluding hydrogens is 548 g/mol. The van der Waals surface area contributed by atoms with Crippen molar-refractivity contribution < 1.29 is 40.0 Å². The van der Waals surface area contributed by atoms with E-state index in [0.29, 0.717) is 0 Å². The van der Waals surface area contributed by atoms with Crippen LogP contribution in [0.25, 0.3) is 5.69 Å². The molecule has 3 rings (SSSR count). The molecule has 3 N–H and O–H groups in total. The Morgan fingerprint density at radius 3 is 2.03 bits per heavy atom. The fourth-order valence-corrected chi connectivity index (χ4v) is 6.28. The van der Waals surface area contributed by atoms with E-state index in [1.165, 1.54) is 13.0 Å². The van der Waals surface area contributed by atoms with Gasteiger partial charge in [-0.3, -0.25) is 4.55 Å². The molecule has 0 saturated carbocycles. The number of rotatable bonds is 6. The minimum atomic E-state index is -4.83. The number of aromatic nitrogens is 2. The summed E-state index contributed by atoms with van der Waals surface area (Å²) in [5.74, 6) is -1.58. The summed E-state index contributed by atoms with van der Waals surface area (Å²) in [4.78, 5) is -1.84. The maximum absolute atomic E-state index is 12.2. The molecule has 0 spiro atoms. The van der Waals surface area contributed by atoms with E-state index in [2.05, 4.69) is 15.3 Å². The fourth-order valence-electron chi connectivity index (χ4n) is 2.97. The van der Waals surface area contributed by atoms with Crippen LogP contribution in [0.5, 0.6) is 11.6 Å². The molecule has 17 heteroatoms. The Labute approximate surface area is 204 Å². The van der Waals surface area contributed by atoms with Crippen molar-refractivity contribution in [3.8, 4) is 17.3 Å². The van der Waals surface area contributed by atoms with Crippen molar-refractivity contribution in [3.05, 3.63) is 41.0 Å². The van der Waals surface area contributed by atoms with Gasteiger partial charge in [-0.2, -0.15) is 18.2 Å². The zero-order valence-electron chi connectivity index (χ0n) is 18.1. The Kier molecular flexibility index (Phi) is 6.73. The largest absolute Gasteiger partial charge is 0.504 e. The molecule has 0 amide bonds. The van der Waals surface area contributed by atoms with E-state index in [1.807, 2.05) is 0 Å². The van der Waals surface area contributed by atoms with Crippen molar-refractivity contribution in [3.63, 3.8) is 0 Å². The van der Waals surface area contributed by atoms with E-state index < -0.39 is 61.8 Å². The van der Waals surface area contributed by atoms with Crippen LogP contribution in [0.2, 0.25) is 5.02 Å². The first-order valence-corrected chi connectivity index (χ1v) is 14.8. The van der Waals surface area contributed by atoms with Gasteiger partial charge < -0.3 is 10.2 Å². The summed E-state index contributed by atoms with van der Waals surface area (Å²) < 4.78 is 81.2. The van der Waals surface area contributed by atoms with Gasteiger partial charge in [0.1, 0.15) is 10.6 Å². The second kappa shape index (κ2) is 8.87. The van der Waals surface area contributed by atoms with Crippen LogP contribution in [0.15, 0.2) is 55.2 Å². The number of halogens is 1. The van der Waals surface area contributed by atoms with Gasteiger partial charge in [-0.05, 0) is 37.3 Å². The summed E-state index contributed by atoms with van der Waals surface area (Å²) in [5, 5.41) is 32.0. The zero-order valence-corrected chi connectivity index (χ0v) is 21.3. The molecule has 13 nitrogen and oxygen atoms in total. The Morgan fingerprint density at radius 2 is 1.49 bits per heavy atom. The molecular formula is C18H17ClN4O9S3. The van der Waals surface area contributed by atoms with Gasteiger partial charge in [-0.1, -0.05) is 11.6 Å². The number of aryl methyl sites for hydroxylation is 1. The number of aromatic hydroxyl groups is 2. The van der Waals surface area contributed by atoms with E-state index in [-0.39, 0.29) is 22.1 Å². The van der Waals surface area contributed by atoms with Crippen molar-refractivity contribution in [1.29, 1.82) is 0 Å². The Hall–Kier alpha value is -3.05. The molecule has 0 fully saturated rings. The minimum Gasteiger partial charge on any atom is -0.504 e. The van der Waals surface area contributed by atoms with Crippen LogP contribution in [0.3, 0.4) is 0 Å². The van der Waals surface area contributed by atoms with Crippen molar-refractivity contribution in [1.82, 2.24) is 9.78 Å². The Bertz CT molecular complexity index is 1710. The lowest BCUT2D eigenvalue weighted by atomic mass is 10.3. The average Bonchev–Trinajstić information content (AvgIpc) is 2.99. The summed E-state index contributed by atoms with van der Waals surface area (Å²) >= 11 is 5.81. The van der Waals surface area contributed by atoms with Crippen LogP contribution < -0.4 is 0 Å². The van der Waals surface area contributed by atoms with Crippen LogP contribution >= 0.6 is 11.6 Å². The molecule has 0 bridgehead atoms. The normalized spacial score (nSPS) is 12.9. The van der Waals surface area contributed by atoms with Gasteiger partial charge in [-0.15, -0.1) is 10.2 Å². The molecule has 35 heavy (non-hydrogen) atoms. The number of nitrogens with zero attached hydrogens (tertiary/aromatic N) is 4. The average molecular weight is 565 g/mol. The highest BCUT2D eigenvalue weighted by molar-refractivity contribution is 7.93. The highest BCUT2D eigenvalue weighted by Gasteiger charge is 2.24. The topological polar surface area (TPSA) is 206 Å². The third-order valence-corrected chi connectivity index (χ3v) is 8.04. The number of hydrogen-bond acceptors (Lipinski definition) is 11. The van der Waals surface area contributed by atoms with Crippen LogP contribution in [-0.2, 0) is 29.8 Å². The van der Waals surface area contributed by atoms with Crippen LogP contribution in [0.4, 0.5) is 11.4 Å². The predicted molar refractivity (Wildman–Crippen MR) is 123 cm³/mol. The molecule has 3 aromatic rings. The molecule has 1 aromatic heterocycles. The number of azo groups is 1. The Morgan fingerprint density at radius 1 is 0.886 bits per heavy atom. The number of phenols is 1. The van der Waals surface area contributed by atoms with Crippen molar-refractivity contribution in [2.45, 2.75) is 21.6 Å². The number of benzene rings is 2. The van der Waals surface area contributed by atoms with Gasteiger partial charge in [0.25, 0.3) is 10.1 Å². The van der Waals surface area contributed by atoms with E-state index in [4.69, 9.17) is 11.6 Å². The molecule has 1 heterocycles. The second-order valence-corrected chi connectivity index (χ2v) is 13.1. The van der Waals surface area contributed by atoms with Crippen LogP contribution in [0, 0.1) is 6.92 Å². The molecule has 0 atom stereocenters. The zero-order chi connectivity index (χ0) is 26.5. The van der Waals surface area contributed by atoms with Crippen molar-refractivity contribution >= 4 is 52.8 Å². The summed E-state index contributed by atoms with van der Waals surface area (Å²) in [6.07, 6.45) is 1.68. The lowest BCUT2D eigenvalue weighted by molar-refractivity contribution is 0.434. The van der Waals surface area contributed by atoms with Crippen molar-refractivity contribution in [2.75, 3.05) is 12.5 Å². The van der Waals surface area contributed by atoms with Gasteiger partial charge in [-0.25, -0.2) is 16.8 Å². The standard InChI is InChI=1S/C18H17ClN4O9S3/c1-9-16(21-20-12-6-10(19)7-15(17(12)24)35(30,31)32)18(25)23(22-9)11-4-5-13(33(2,26)27)14(8-11)34(3,28)29/h4-8,24-25H,1-3H3,(H,30,31,32)/b21-20+. The van der Waals surface area contributed by atoms with E-state index in [1.54, 1.807) is 0 Å². The van der Waals surface area contributed by atoms with E-state index >= 15 is 0 Å². The predicted octanol–water partition coefficient (Wildman–Crippen LogP) is 2.71. The SMILES string of the molecule is Cc1nn(-c2ccc(S(C)(=O)=O)c(S(C)(=O)=O)c2)c(O)c1/N=N/c1cc(Cl)cc(S(=O)(=O)O)c1O. The lowest BCUT2D eigenvalue weighted by Gasteiger charge is -2.10. The number of hydrogen-bond donors (Lipinski definition) is 3. The van der Waals surface area contributed by atoms with Crippen molar-refractivity contribution in [2.24, 2.45) is 10.2 Å². The summed E-state index contributed by atoms with van der Waals surface area (Å²) in [6.45, 7) is 1.41.